The largest absolute Gasteiger partial charge is 0.415 e. The molecule has 0 amide bonds. The number of likely N-dealkylation sites (tertiary alicyclic amines) is 1. The van der Waals surface area contributed by atoms with Crippen LogP contribution in [0.1, 0.15) is 39.3 Å². The van der Waals surface area contributed by atoms with Crippen LogP contribution in [-0.2, 0) is 0 Å². The van der Waals surface area contributed by atoms with Gasteiger partial charge in [0.1, 0.15) is 17.5 Å². The first-order chi connectivity index (χ1) is 20.4. The zero-order valence-corrected chi connectivity index (χ0v) is 25.8. The Morgan fingerprint density at radius 3 is 2.47 bits per heavy atom. The van der Waals surface area contributed by atoms with Crippen molar-refractivity contribution in [2.75, 3.05) is 55.6 Å². The Bertz CT molecular complexity index is 1300. The minimum absolute atomic E-state index is 0.110. The molecule has 3 unspecified atom stereocenters. The standard InChI is InChI=1S/C31H40ClF4N7/c1-6-10-37-29(23(5)31(34,35)36)41-14-12-40(13-15-41)28-18-27(21(3)8-9-24(33)16-22(4)32)38-30(39-28)43-20-25-17-26(43)19-42(25)11-7-2/h6,8-10,16,18,22,25-26H,1,3,7,11-15,17,19-20H2,2,4-5H3/b9-8-,24-16?,29-23-,37-10-. The number of hydrogen-bond acceptors (Lipinski definition) is 7. The number of aliphatic imine (C=N–C) groups is 1. The minimum Gasteiger partial charge on any atom is -0.353 e. The van der Waals surface area contributed by atoms with Gasteiger partial charge in [0.05, 0.1) is 16.6 Å². The van der Waals surface area contributed by atoms with E-state index < -0.39 is 23.0 Å². The lowest BCUT2D eigenvalue weighted by molar-refractivity contribution is -0.0935. The summed E-state index contributed by atoms with van der Waals surface area (Å²) in [6, 6.07) is 2.55. The van der Waals surface area contributed by atoms with E-state index in [0.717, 1.165) is 39.4 Å². The summed E-state index contributed by atoms with van der Waals surface area (Å²) in [5.41, 5.74) is 0.318. The fourth-order valence-corrected chi connectivity index (χ4v) is 5.91. The molecule has 12 heteroatoms. The number of rotatable bonds is 11. The fourth-order valence-electron chi connectivity index (χ4n) is 5.79. The van der Waals surface area contributed by atoms with Crippen molar-refractivity contribution in [2.24, 2.45) is 4.99 Å². The number of halogens is 5. The topological polar surface area (TPSA) is 51.1 Å². The summed E-state index contributed by atoms with van der Waals surface area (Å²) in [6.45, 7) is 16.9. The van der Waals surface area contributed by atoms with Crippen LogP contribution in [0.3, 0.4) is 0 Å². The van der Waals surface area contributed by atoms with Crippen LogP contribution in [0, 0.1) is 0 Å². The number of alkyl halides is 4. The molecule has 0 saturated carbocycles. The number of nitrogens with zero attached hydrogens (tertiary/aromatic N) is 7. The molecule has 0 aromatic carbocycles. The minimum atomic E-state index is -4.49. The molecular weight excluding hydrogens is 582 g/mol. The Labute approximate surface area is 256 Å². The van der Waals surface area contributed by atoms with Gasteiger partial charge in [0.15, 0.2) is 0 Å². The van der Waals surface area contributed by atoms with Crippen LogP contribution < -0.4 is 9.80 Å². The van der Waals surface area contributed by atoms with Gasteiger partial charge in [0, 0.05) is 63.6 Å². The molecule has 0 radical (unpaired) electrons. The molecule has 4 heterocycles. The molecule has 1 aromatic heterocycles. The van der Waals surface area contributed by atoms with Crippen LogP contribution in [0.25, 0.3) is 5.57 Å². The highest BCUT2D eigenvalue weighted by Crippen LogP contribution is 2.35. The first-order valence-corrected chi connectivity index (χ1v) is 15.1. The predicted octanol–water partition coefficient (Wildman–Crippen LogP) is 6.37. The molecule has 3 fully saturated rings. The number of anilines is 2. The summed E-state index contributed by atoms with van der Waals surface area (Å²) in [4.78, 5) is 22.3. The summed E-state index contributed by atoms with van der Waals surface area (Å²) in [5, 5.41) is -0.454. The maximum absolute atomic E-state index is 14.2. The third-order valence-electron chi connectivity index (χ3n) is 7.95. The van der Waals surface area contributed by atoms with Crippen molar-refractivity contribution in [3.8, 4) is 0 Å². The van der Waals surface area contributed by atoms with Crippen LogP contribution in [0.15, 0.2) is 65.7 Å². The van der Waals surface area contributed by atoms with Crippen molar-refractivity contribution in [3.05, 3.63) is 66.4 Å². The maximum Gasteiger partial charge on any atom is 0.415 e. The molecule has 4 rings (SSSR count). The predicted molar refractivity (Wildman–Crippen MR) is 167 cm³/mol. The van der Waals surface area contributed by atoms with E-state index >= 15 is 0 Å². The number of piperazine rings is 2. The Morgan fingerprint density at radius 1 is 1.16 bits per heavy atom. The van der Waals surface area contributed by atoms with Crippen LogP contribution in [0.2, 0.25) is 0 Å². The Balaban J connectivity index is 1.60. The number of hydrogen-bond donors (Lipinski definition) is 0. The lowest BCUT2D eigenvalue weighted by Crippen LogP contribution is -2.48. The first kappa shape index (κ1) is 32.7. The summed E-state index contributed by atoms with van der Waals surface area (Å²) in [6.07, 6.45) is 4.46. The van der Waals surface area contributed by atoms with E-state index in [2.05, 4.69) is 34.9 Å². The van der Waals surface area contributed by atoms with Crippen molar-refractivity contribution in [1.82, 2.24) is 19.8 Å². The van der Waals surface area contributed by atoms with Gasteiger partial charge in [-0.1, -0.05) is 32.2 Å². The lowest BCUT2D eigenvalue weighted by Gasteiger charge is -2.38. The lowest BCUT2D eigenvalue weighted by atomic mass is 10.1. The molecule has 0 spiro atoms. The van der Waals surface area contributed by atoms with Gasteiger partial charge in [-0.05, 0) is 51.0 Å². The second-order valence-corrected chi connectivity index (χ2v) is 11.8. The second-order valence-electron chi connectivity index (χ2n) is 11.1. The van der Waals surface area contributed by atoms with E-state index in [1.165, 1.54) is 24.4 Å². The molecule has 7 nitrogen and oxygen atoms in total. The van der Waals surface area contributed by atoms with Gasteiger partial charge in [-0.3, -0.25) is 4.90 Å². The van der Waals surface area contributed by atoms with Crippen molar-refractivity contribution >= 4 is 35.2 Å². The molecule has 43 heavy (non-hydrogen) atoms. The molecule has 2 bridgehead atoms. The number of aromatic nitrogens is 2. The third-order valence-corrected chi connectivity index (χ3v) is 8.08. The first-order valence-electron chi connectivity index (χ1n) is 14.6. The van der Waals surface area contributed by atoms with E-state index in [0.29, 0.717) is 61.3 Å². The van der Waals surface area contributed by atoms with Crippen molar-refractivity contribution in [3.63, 3.8) is 0 Å². The van der Waals surface area contributed by atoms with E-state index in [4.69, 9.17) is 21.6 Å². The SMILES string of the molecule is C=C/C=N\C(=C(/C)C(F)(F)F)N1CCN(c2cc(C(=C)/C=C\C(F)=CC(C)Cl)nc(N3CC4CC3CN4CCC)n2)CC1. The van der Waals surface area contributed by atoms with Gasteiger partial charge in [-0.15, -0.1) is 11.6 Å². The molecule has 3 aliphatic heterocycles. The van der Waals surface area contributed by atoms with Crippen molar-refractivity contribution in [1.29, 1.82) is 0 Å². The highest BCUT2D eigenvalue weighted by molar-refractivity contribution is 6.21. The van der Waals surface area contributed by atoms with E-state index in [1.807, 2.05) is 11.0 Å². The highest BCUT2D eigenvalue weighted by Gasteiger charge is 2.44. The molecule has 3 aliphatic rings. The zero-order chi connectivity index (χ0) is 31.3. The molecule has 3 atom stereocenters. The third kappa shape index (κ3) is 8.06. The van der Waals surface area contributed by atoms with Crippen molar-refractivity contribution in [2.45, 2.75) is 57.2 Å². The Hall–Kier alpha value is -3.18. The normalized spacial score (nSPS) is 23.1. The summed E-state index contributed by atoms with van der Waals surface area (Å²) >= 11 is 5.88. The molecule has 234 valence electrons. The number of fused-ring (bicyclic) bond motifs is 2. The molecule has 3 saturated heterocycles. The summed E-state index contributed by atoms with van der Waals surface area (Å²) in [7, 11) is 0. The Morgan fingerprint density at radius 2 is 1.88 bits per heavy atom. The second kappa shape index (κ2) is 14.1. The van der Waals surface area contributed by atoms with Gasteiger partial charge < -0.3 is 14.7 Å². The van der Waals surface area contributed by atoms with Gasteiger partial charge in [-0.25, -0.2) is 14.4 Å². The quantitative estimate of drug-likeness (QED) is 0.124. The van der Waals surface area contributed by atoms with E-state index in [1.54, 1.807) is 17.9 Å². The summed E-state index contributed by atoms with van der Waals surface area (Å²) < 4.78 is 55.0. The molecular formula is C31H40ClF4N7. The average Bonchev–Trinajstić information content (AvgIpc) is 3.56. The smallest absolute Gasteiger partial charge is 0.353 e. The monoisotopic (exact) mass is 621 g/mol. The van der Waals surface area contributed by atoms with Crippen molar-refractivity contribution < 1.29 is 17.6 Å². The Kier molecular flexibility index (Phi) is 10.7. The van der Waals surface area contributed by atoms with Crippen LogP contribution in [0.5, 0.6) is 0 Å². The van der Waals surface area contributed by atoms with Gasteiger partial charge >= 0.3 is 6.18 Å². The van der Waals surface area contributed by atoms with E-state index in [-0.39, 0.29) is 5.82 Å². The fraction of sp³-hybridized carbons (Fsp3) is 0.516. The van der Waals surface area contributed by atoms with E-state index in [9.17, 15) is 17.6 Å². The average molecular weight is 622 g/mol. The zero-order valence-electron chi connectivity index (χ0n) is 25.0. The maximum atomic E-state index is 14.2. The van der Waals surface area contributed by atoms with Crippen LogP contribution in [0.4, 0.5) is 29.3 Å². The van der Waals surface area contributed by atoms with Crippen LogP contribution in [-0.4, -0.2) is 95.4 Å². The van der Waals surface area contributed by atoms with Gasteiger partial charge in [-0.2, -0.15) is 18.2 Å². The van der Waals surface area contributed by atoms with Crippen LogP contribution >= 0.6 is 11.6 Å². The number of allylic oxidation sites excluding steroid dienone is 7. The van der Waals surface area contributed by atoms with Gasteiger partial charge in [0.2, 0.25) is 5.95 Å². The molecule has 0 aliphatic carbocycles. The molecule has 1 aromatic rings. The summed E-state index contributed by atoms with van der Waals surface area (Å²) in [5.74, 6) is 0.656. The van der Waals surface area contributed by atoms with Gasteiger partial charge in [0.25, 0.3) is 0 Å². The highest BCUT2D eigenvalue weighted by atomic mass is 35.5. The molecule has 0 N–H and O–H groups in total.